The van der Waals surface area contributed by atoms with Crippen LogP contribution >= 0.6 is 0 Å². The molecular weight excluding hydrogens is 284 g/mol. The van der Waals surface area contributed by atoms with Gasteiger partial charge in [-0.3, -0.25) is 0 Å². The van der Waals surface area contributed by atoms with Crippen LogP contribution in [0, 0.1) is 0 Å². The number of hydrogen-bond acceptors (Lipinski definition) is 4. The van der Waals surface area contributed by atoms with Gasteiger partial charge in [0.15, 0.2) is 0 Å². The quantitative estimate of drug-likeness (QED) is 0.177. The Labute approximate surface area is 132 Å². The Balaban J connectivity index is 3.16. The van der Waals surface area contributed by atoms with E-state index in [1.54, 1.807) is 14.2 Å². The van der Waals surface area contributed by atoms with Crippen molar-refractivity contribution in [3.8, 4) is 0 Å². The average Bonchev–Trinajstić information content (AvgIpc) is 2.51. The van der Waals surface area contributed by atoms with Crippen molar-refractivity contribution < 1.29 is 18.6 Å². The highest BCUT2D eigenvalue weighted by atomic mass is 28.4. The molecule has 0 amide bonds. The molecule has 0 saturated heterocycles. The van der Waals surface area contributed by atoms with Gasteiger partial charge in [0.25, 0.3) is 0 Å². The fourth-order valence-corrected chi connectivity index (χ4v) is 3.74. The van der Waals surface area contributed by atoms with Gasteiger partial charge in [0.2, 0.25) is 0 Å². The molecule has 5 heteroatoms. The summed E-state index contributed by atoms with van der Waals surface area (Å²) >= 11 is 0. The first-order valence-corrected chi connectivity index (χ1v) is 11.1. The normalized spacial score (nSPS) is 12.0. The third-order valence-corrected chi connectivity index (χ3v) is 6.91. The first-order chi connectivity index (χ1) is 10.2. The third-order valence-electron chi connectivity index (χ3n) is 3.92. The average molecular weight is 321 g/mol. The maximum absolute atomic E-state index is 5.49. The van der Waals surface area contributed by atoms with Crippen LogP contribution in [0.1, 0.15) is 64.7 Å². The van der Waals surface area contributed by atoms with Gasteiger partial charge >= 0.3 is 8.56 Å². The highest BCUT2D eigenvalue weighted by Crippen LogP contribution is 2.17. The molecule has 0 aromatic carbocycles. The summed E-state index contributed by atoms with van der Waals surface area (Å²) in [6.45, 7) is 5.45. The van der Waals surface area contributed by atoms with Gasteiger partial charge in [0.1, 0.15) is 0 Å². The molecule has 21 heavy (non-hydrogen) atoms. The van der Waals surface area contributed by atoms with Crippen molar-refractivity contribution in [2.75, 3.05) is 27.4 Å². The van der Waals surface area contributed by atoms with Crippen molar-refractivity contribution in [2.24, 2.45) is 0 Å². The number of unbranched alkanes of at least 4 members (excludes halogenated alkanes) is 8. The van der Waals surface area contributed by atoms with Crippen LogP contribution in [-0.4, -0.2) is 36.0 Å². The molecule has 0 spiro atoms. The van der Waals surface area contributed by atoms with E-state index in [0.717, 1.165) is 19.1 Å². The van der Waals surface area contributed by atoms with Crippen LogP contribution < -0.4 is 0 Å². The molecule has 0 saturated carbocycles. The Hall–Kier alpha value is 0.0569. The Morgan fingerprint density at radius 2 is 1.14 bits per heavy atom. The fraction of sp³-hybridized carbons (Fsp3) is 1.00. The Morgan fingerprint density at radius 3 is 1.62 bits per heavy atom. The zero-order valence-corrected chi connectivity index (χ0v) is 15.6. The summed E-state index contributed by atoms with van der Waals surface area (Å²) in [5, 5.41) is 0. The van der Waals surface area contributed by atoms with E-state index >= 15 is 0 Å². The first-order valence-electron chi connectivity index (χ1n) is 8.53. The molecule has 0 unspecified atom stereocenters. The molecule has 128 valence electrons. The van der Waals surface area contributed by atoms with Crippen molar-refractivity contribution in [1.82, 2.24) is 0 Å². The maximum atomic E-state index is 5.49. The predicted octanol–water partition coefficient (Wildman–Crippen LogP) is 4.83. The van der Waals surface area contributed by atoms with Crippen LogP contribution in [0.2, 0.25) is 12.6 Å². The lowest BCUT2D eigenvalue weighted by Gasteiger charge is -2.22. The van der Waals surface area contributed by atoms with Gasteiger partial charge in [-0.15, -0.1) is 0 Å². The minimum absolute atomic E-state index is 0.635. The summed E-state index contributed by atoms with van der Waals surface area (Å²) in [5.41, 5.74) is 0. The lowest BCUT2D eigenvalue weighted by atomic mass is 10.1. The fourth-order valence-electron chi connectivity index (χ4n) is 2.27. The molecule has 0 atom stereocenters. The van der Waals surface area contributed by atoms with Gasteiger partial charge in [-0.05, 0) is 25.9 Å². The van der Waals surface area contributed by atoms with E-state index in [1.165, 1.54) is 51.4 Å². The van der Waals surface area contributed by atoms with Gasteiger partial charge in [0.05, 0.1) is 13.2 Å². The van der Waals surface area contributed by atoms with Crippen molar-refractivity contribution in [3.63, 3.8) is 0 Å². The summed E-state index contributed by atoms with van der Waals surface area (Å²) in [4.78, 5) is 9.82. The topological polar surface area (TPSA) is 36.9 Å². The maximum Gasteiger partial charge on any atom is 0.334 e. The minimum Gasteiger partial charge on any atom is -0.398 e. The molecule has 4 nitrogen and oxygen atoms in total. The van der Waals surface area contributed by atoms with E-state index in [-0.39, 0.29) is 0 Å². The Morgan fingerprint density at radius 1 is 0.667 bits per heavy atom. The smallest absolute Gasteiger partial charge is 0.334 e. The summed E-state index contributed by atoms with van der Waals surface area (Å²) in [5.74, 6) is 0. The van der Waals surface area contributed by atoms with Gasteiger partial charge in [0, 0.05) is 14.2 Å². The summed E-state index contributed by atoms with van der Waals surface area (Å²) < 4.78 is 11.0. The van der Waals surface area contributed by atoms with E-state index in [4.69, 9.17) is 18.6 Å². The third kappa shape index (κ3) is 13.4. The monoisotopic (exact) mass is 320 g/mol. The van der Waals surface area contributed by atoms with Gasteiger partial charge in [-0.1, -0.05) is 51.4 Å². The standard InChI is InChI=1S/C16H36O4Si/c1-5-19-20-15-13-11-9-7-6-8-10-12-14-16-21(4,17-2)18-3/h5-16H2,1-4H3. The molecule has 0 N–H and O–H groups in total. The van der Waals surface area contributed by atoms with E-state index in [0.29, 0.717) is 6.61 Å². The summed E-state index contributed by atoms with van der Waals surface area (Å²) in [6, 6.07) is 1.11. The predicted molar refractivity (Wildman–Crippen MR) is 89.6 cm³/mol. The highest BCUT2D eigenvalue weighted by Gasteiger charge is 2.27. The lowest BCUT2D eigenvalue weighted by molar-refractivity contribution is -0.291. The van der Waals surface area contributed by atoms with E-state index in [2.05, 4.69) is 6.55 Å². The molecule has 0 aliphatic rings. The second kappa shape index (κ2) is 15.0. The second-order valence-electron chi connectivity index (χ2n) is 5.70. The molecule has 0 aliphatic heterocycles. The molecule has 0 aromatic heterocycles. The zero-order chi connectivity index (χ0) is 15.8. The van der Waals surface area contributed by atoms with E-state index < -0.39 is 8.56 Å². The summed E-state index contributed by atoms with van der Waals surface area (Å²) in [6.07, 6.45) is 11.6. The van der Waals surface area contributed by atoms with Crippen LogP contribution in [0.15, 0.2) is 0 Å². The molecule has 0 radical (unpaired) electrons. The SMILES string of the molecule is CCOOCCCCCCCCCCC[Si](C)(OC)OC. The van der Waals surface area contributed by atoms with Crippen molar-refractivity contribution in [3.05, 3.63) is 0 Å². The Bertz CT molecular complexity index is 210. The van der Waals surface area contributed by atoms with Crippen LogP contribution in [0.25, 0.3) is 0 Å². The number of hydrogen-bond donors (Lipinski definition) is 0. The van der Waals surface area contributed by atoms with E-state index in [9.17, 15) is 0 Å². The molecule has 0 aliphatic carbocycles. The highest BCUT2D eigenvalue weighted by molar-refractivity contribution is 6.65. The lowest BCUT2D eigenvalue weighted by Crippen LogP contribution is -2.35. The molecule has 0 rings (SSSR count). The number of rotatable bonds is 16. The van der Waals surface area contributed by atoms with Crippen molar-refractivity contribution in [1.29, 1.82) is 0 Å². The van der Waals surface area contributed by atoms with Gasteiger partial charge in [-0.2, -0.15) is 0 Å². The minimum atomic E-state index is -1.82. The second-order valence-corrected chi connectivity index (χ2v) is 9.29. The first kappa shape index (κ1) is 21.1. The molecule has 0 aromatic rings. The zero-order valence-electron chi connectivity index (χ0n) is 14.6. The molecule has 0 heterocycles. The van der Waals surface area contributed by atoms with Crippen LogP contribution in [0.3, 0.4) is 0 Å². The van der Waals surface area contributed by atoms with Crippen LogP contribution in [0.5, 0.6) is 0 Å². The summed E-state index contributed by atoms with van der Waals surface area (Å²) in [7, 11) is 1.73. The Kier molecular flexibility index (Phi) is 15.0. The van der Waals surface area contributed by atoms with Crippen molar-refractivity contribution >= 4 is 8.56 Å². The molecule has 0 bridgehead atoms. The van der Waals surface area contributed by atoms with Gasteiger partial charge < -0.3 is 8.85 Å². The largest absolute Gasteiger partial charge is 0.398 e. The molecular formula is C16H36O4Si. The van der Waals surface area contributed by atoms with Crippen LogP contribution in [0.4, 0.5) is 0 Å². The molecule has 0 fully saturated rings. The van der Waals surface area contributed by atoms with Gasteiger partial charge in [-0.25, -0.2) is 9.78 Å². The van der Waals surface area contributed by atoms with Crippen LogP contribution in [-0.2, 0) is 18.6 Å². The van der Waals surface area contributed by atoms with Crippen molar-refractivity contribution in [2.45, 2.75) is 77.3 Å². The van der Waals surface area contributed by atoms with E-state index in [1.807, 2.05) is 6.92 Å².